The summed E-state index contributed by atoms with van der Waals surface area (Å²) in [6.07, 6.45) is -1.16. The van der Waals surface area contributed by atoms with Gasteiger partial charge in [0, 0.05) is 0 Å². The van der Waals surface area contributed by atoms with Crippen LogP contribution in [0.4, 0.5) is 13.2 Å². The van der Waals surface area contributed by atoms with E-state index in [2.05, 4.69) is 6.58 Å². The van der Waals surface area contributed by atoms with E-state index in [1.54, 1.807) is 18.2 Å². The molecule has 1 rings (SSSR count). The third-order valence-corrected chi connectivity index (χ3v) is 2.59. The van der Waals surface area contributed by atoms with Crippen LogP contribution >= 0.6 is 0 Å². The molecule has 0 spiro atoms. The minimum atomic E-state index is -4.33. The highest BCUT2D eigenvalue weighted by atomic mass is 19.4. The van der Waals surface area contributed by atoms with Crippen molar-refractivity contribution in [3.63, 3.8) is 0 Å². The Bertz CT molecular complexity index is 413. The van der Waals surface area contributed by atoms with E-state index in [0.29, 0.717) is 0 Å². The minimum absolute atomic E-state index is 0.203. The van der Waals surface area contributed by atoms with Gasteiger partial charge in [0.1, 0.15) is 0 Å². The maximum Gasteiger partial charge on any atom is 0.416 e. The molecule has 0 nitrogen and oxygen atoms in total. The summed E-state index contributed by atoms with van der Waals surface area (Å²) in [6, 6.07) is 7.86. The summed E-state index contributed by atoms with van der Waals surface area (Å²) in [7, 11) is 0. The molecule has 0 heterocycles. The predicted octanol–water partition coefficient (Wildman–Crippen LogP) is 5.38. The van der Waals surface area contributed by atoms with Gasteiger partial charge in [-0.15, -0.1) is 0 Å². The highest BCUT2D eigenvalue weighted by molar-refractivity contribution is 5.69. The van der Waals surface area contributed by atoms with Crippen molar-refractivity contribution in [2.24, 2.45) is 0 Å². The molecule has 0 N–H and O–H groups in total. The molecule has 0 atom stereocenters. The number of rotatable bonds is 5. The molecule has 0 saturated carbocycles. The van der Waals surface area contributed by atoms with E-state index in [4.69, 9.17) is 0 Å². The Kier molecular flexibility index (Phi) is 5.20. The van der Waals surface area contributed by atoms with Crippen LogP contribution in [0.2, 0.25) is 0 Å². The van der Waals surface area contributed by atoms with Crippen LogP contribution in [0, 0.1) is 0 Å². The Morgan fingerprint density at radius 2 is 1.83 bits per heavy atom. The van der Waals surface area contributed by atoms with Crippen molar-refractivity contribution >= 4 is 5.57 Å². The quantitative estimate of drug-likeness (QED) is 0.619. The van der Waals surface area contributed by atoms with Crippen molar-refractivity contribution in [2.45, 2.75) is 32.4 Å². The Labute approximate surface area is 106 Å². The second-order valence-corrected chi connectivity index (χ2v) is 4.19. The van der Waals surface area contributed by atoms with E-state index in [0.717, 1.165) is 18.4 Å². The fraction of sp³-hybridized carbons (Fsp3) is 0.333. The highest BCUT2D eigenvalue weighted by Gasteiger charge is 2.34. The molecule has 0 bridgehead atoms. The monoisotopic (exact) mass is 254 g/mol. The summed E-state index contributed by atoms with van der Waals surface area (Å²) < 4.78 is 38.8. The third-order valence-electron chi connectivity index (χ3n) is 2.59. The van der Waals surface area contributed by atoms with Crippen molar-refractivity contribution in [3.05, 3.63) is 54.1 Å². The molecule has 0 aliphatic heterocycles. The average Bonchev–Trinajstić information content (AvgIpc) is 2.29. The summed E-state index contributed by atoms with van der Waals surface area (Å²) in [5.41, 5.74) is 0.449. The van der Waals surface area contributed by atoms with E-state index in [1.165, 1.54) is 18.2 Å². The Balaban J connectivity index is 2.94. The third kappa shape index (κ3) is 4.40. The van der Waals surface area contributed by atoms with Crippen LogP contribution in [0.3, 0.4) is 0 Å². The number of alkyl halides is 3. The largest absolute Gasteiger partial charge is 0.416 e. The van der Waals surface area contributed by atoms with Crippen LogP contribution in [-0.4, -0.2) is 6.18 Å². The summed E-state index contributed by atoms with van der Waals surface area (Å²) >= 11 is 0. The van der Waals surface area contributed by atoms with Crippen molar-refractivity contribution < 1.29 is 13.2 Å². The summed E-state index contributed by atoms with van der Waals surface area (Å²) in [5.74, 6) is 0. The fourth-order valence-corrected chi connectivity index (χ4v) is 1.72. The molecule has 0 amide bonds. The van der Waals surface area contributed by atoms with Gasteiger partial charge in [0.25, 0.3) is 0 Å². The van der Waals surface area contributed by atoms with E-state index in [-0.39, 0.29) is 12.0 Å². The molecule has 1 aromatic rings. The Morgan fingerprint density at radius 3 is 2.33 bits per heavy atom. The Hall–Kier alpha value is -1.51. The smallest absolute Gasteiger partial charge is 0.166 e. The number of benzene rings is 1. The Morgan fingerprint density at radius 1 is 1.22 bits per heavy atom. The molecule has 0 aliphatic rings. The zero-order valence-corrected chi connectivity index (χ0v) is 10.4. The van der Waals surface area contributed by atoms with Crippen molar-refractivity contribution in [2.75, 3.05) is 0 Å². The zero-order valence-electron chi connectivity index (χ0n) is 10.4. The predicted molar refractivity (Wildman–Crippen MR) is 69.1 cm³/mol. The first-order valence-electron chi connectivity index (χ1n) is 5.94. The van der Waals surface area contributed by atoms with E-state index >= 15 is 0 Å². The first kappa shape index (κ1) is 14.6. The highest BCUT2D eigenvalue weighted by Crippen LogP contribution is 2.34. The lowest BCUT2D eigenvalue weighted by Gasteiger charge is -2.12. The molecule has 1 aromatic carbocycles. The van der Waals surface area contributed by atoms with Gasteiger partial charge in [-0.25, -0.2) is 0 Å². The van der Waals surface area contributed by atoms with Gasteiger partial charge in [-0.05, 0) is 18.4 Å². The van der Waals surface area contributed by atoms with Gasteiger partial charge in [0.2, 0.25) is 0 Å². The van der Waals surface area contributed by atoms with E-state index < -0.39 is 11.7 Å². The van der Waals surface area contributed by atoms with Crippen LogP contribution in [0.25, 0.3) is 5.57 Å². The van der Waals surface area contributed by atoms with Gasteiger partial charge in [-0.2, -0.15) is 13.2 Å². The van der Waals surface area contributed by atoms with Crippen LogP contribution in [-0.2, 0) is 0 Å². The molecule has 0 aliphatic carbocycles. The van der Waals surface area contributed by atoms with Gasteiger partial charge >= 0.3 is 6.18 Å². The molecular weight excluding hydrogens is 237 g/mol. The number of halogens is 3. The topological polar surface area (TPSA) is 0 Å². The first-order valence-corrected chi connectivity index (χ1v) is 5.94. The second-order valence-electron chi connectivity index (χ2n) is 4.19. The summed E-state index contributed by atoms with van der Waals surface area (Å²) in [5, 5.41) is 0. The van der Waals surface area contributed by atoms with Crippen molar-refractivity contribution in [1.29, 1.82) is 0 Å². The lowest BCUT2D eigenvalue weighted by molar-refractivity contribution is -0.0690. The van der Waals surface area contributed by atoms with Crippen molar-refractivity contribution in [1.82, 2.24) is 0 Å². The molecule has 3 heteroatoms. The molecule has 18 heavy (non-hydrogen) atoms. The van der Waals surface area contributed by atoms with Gasteiger partial charge in [0.15, 0.2) is 0 Å². The molecular formula is C15H17F3. The SMILES string of the molecule is C=C(C/C=C(/c1ccccc1)C(F)(F)F)CCC. The molecule has 0 unspecified atom stereocenters. The van der Waals surface area contributed by atoms with Gasteiger partial charge in [0.05, 0.1) is 5.57 Å². The lowest BCUT2D eigenvalue weighted by Crippen LogP contribution is -2.10. The van der Waals surface area contributed by atoms with Crippen LogP contribution in [0.15, 0.2) is 48.6 Å². The maximum absolute atomic E-state index is 12.9. The normalized spacial score (nSPS) is 12.6. The molecule has 98 valence electrons. The summed E-state index contributed by atoms with van der Waals surface area (Å²) in [6.45, 7) is 5.76. The fourth-order valence-electron chi connectivity index (χ4n) is 1.72. The minimum Gasteiger partial charge on any atom is -0.166 e. The van der Waals surface area contributed by atoms with E-state index in [9.17, 15) is 13.2 Å². The van der Waals surface area contributed by atoms with Crippen LogP contribution in [0.1, 0.15) is 31.7 Å². The van der Waals surface area contributed by atoms with Crippen molar-refractivity contribution in [3.8, 4) is 0 Å². The lowest BCUT2D eigenvalue weighted by atomic mass is 10.0. The number of hydrogen-bond acceptors (Lipinski definition) is 0. The maximum atomic E-state index is 12.9. The van der Waals surface area contributed by atoms with E-state index in [1.807, 2.05) is 6.92 Å². The zero-order chi connectivity index (χ0) is 13.6. The standard InChI is InChI=1S/C15H17F3/c1-3-7-12(2)10-11-14(15(16,17)18)13-8-5-4-6-9-13/h4-6,8-9,11H,2-3,7,10H2,1H3/b14-11-. The number of allylic oxidation sites excluding steroid dienone is 3. The van der Waals surface area contributed by atoms with Crippen LogP contribution < -0.4 is 0 Å². The molecule has 0 fully saturated rings. The van der Waals surface area contributed by atoms with Gasteiger partial charge in [-0.3, -0.25) is 0 Å². The molecule has 0 saturated heterocycles. The average molecular weight is 254 g/mol. The summed E-state index contributed by atoms with van der Waals surface area (Å²) in [4.78, 5) is 0. The van der Waals surface area contributed by atoms with Gasteiger partial charge in [-0.1, -0.05) is 61.9 Å². The van der Waals surface area contributed by atoms with Gasteiger partial charge < -0.3 is 0 Å². The van der Waals surface area contributed by atoms with Crippen LogP contribution in [0.5, 0.6) is 0 Å². The molecule has 0 aromatic heterocycles. The molecule has 0 radical (unpaired) electrons. The second kappa shape index (κ2) is 6.43. The number of hydrogen-bond donors (Lipinski definition) is 0. The first-order chi connectivity index (χ1) is 8.45.